The summed E-state index contributed by atoms with van der Waals surface area (Å²) in [4.78, 5) is 7.78. The Labute approximate surface area is 118 Å². The molecule has 0 aromatic carbocycles. The zero-order chi connectivity index (χ0) is 13.9. The minimum Gasteiger partial charge on any atom is -0.345 e. The zero-order valence-electron chi connectivity index (χ0n) is 11.3. The van der Waals surface area contributed by atoms with Gasteiger partial charge in [0.25, 0.3) is 0 Å². The van der Waals surface area contributed by atoms with Crippen LogP contribution in [0.25, 0.3) is 0 Å². The minimum absolute atomic E-state index is 0.543. The zero-order valence-corrected chi connectivity index (χ0v) is 12.9. The van der Waals surface area contributed by atoms with E-state index in [0.29, 0.717) is 26.2 Å². The molecule has 2 heterocycles. The molecule has 1 saturated heterocycles. The molecule has 1 N–H and O–H groups in total. The first-order valence-corrected chi connectivity index (χ1v) is 9.02. The Bertz CT molecular complexity index is 507. The first-order valence-electron chi connectivity index (χ1n) is 6.36. The van der Waals surface area contributed by atoms with Crippen molar-refractivity contribution >= 4 is 26.5 Å². The predicted molar refractivity (Wildman–Crippen MR) is 78.1 cm³/mol. The van der Waals surface area contributed by atoms with Crippen molar-refractivity contribution in [2.24, 2.45) is 0 Å². The van der Waals surface area contributed by atoms with Gasteiger partial charge in [-0.3, -0.25) is 0 Å². The maximum atomic E-state index is 11.4. The molecule has 0 saturated carbocycles. The van der Waals surface area contributed by atoms with Crippen molar-refractivity contribution in [1.82, 2.24) is 14.6 Å². The molecule has 0 bridgehead atoms. The summed E-state index contributed by atoms with van der Waals surface area (Å²) in [7, 11) is -3.06. The first-order chi connectivity index (χ1) is 9.00. The van der Waals surface area contributed by atoms with E-state index in [1.54, 1.807) is 11.3 Å². The van der Waals surface area contributed by atoms with E-state index < -0.39 is 10.0 Å². The van der Waals surface area contributed by atoms with Crippen LogP contribution < -0.4 is 10.2 Å². The van der Waals surface area contributed by atoms with E-state index in [1.165, 1.54) is 15.4 Å². The van der Waals surface area contributed by atoms with Gasteiger partial charge in [0.05, 0.1) is 6.26 Å². The summed E-state index contributed by atoms with van der Waals surface area (Å²) in [6.45, 7) is 6.37. The summed E-state index contributed by atoms with van der Waals surface area (Å²) in [5.41, 5.74) is 0. The number of hydrogen-bond donors (Lipinski definition) is 1. The van der Waals surface area contributed by atoms with Crippen LogP contribution in [0.4, 0.5) is 5.13 Å². The van der Waals surface area contributed by atoms with Crippen LogP contribution in [-0.2, 0) is 16.6 Å². The number of nitrogens with zero attached hydrogens (tertiary/aromatic N) is 3. The first kappa shape index (κ1) is 14.7. The van der Waals surface area contributed by atoms with E-state index in [1.807, 2.05) is 6.20 Å². The molecule has 1 aliphatic rings. The Morgan fingerprint density at radius 1 is 1.37 bits per heavy atom. The number of nitrogens with one attached hydrogen (secondary N) is 1. The highest BCUT2D eigenvalue weighted by atomic mass is 32.2. The molecule has 0 aliphatic carbocycles. The van der Waals surface area contributed by atoms with Crippen LogP contribution in [0.15, 0.2) is 6.20 Å². The highest BCUT2D eigenvalue weighted by Gasteiger charge is 2.24. The molecule has 0 unspecified atom stereocenters. The summed E-state index contributed by atoms with van der Waals surface area (Å²) in [5, 5.41) is 4.26. The van der Waals surface area contributed by atoms with Crippen molar-refractivity contribution in [3.05, 3.63) is 11.1 Å². The number of sulfonamides is 1. The largest absolute Gasteiger partial charge is 0.345 e. The molecule has 0 amide bonds. The molecule has 108 valence electrons. The standard InChI is InChI=1S/C11H20N4O2S2/c1-3-12-8-10-9-13-11(18-10)14-4-6-15(7-5-14)19(2,16)17/h9,12H,3-8H2,1-2H3. The van der Waals surface area contributed by atoms with Crippen LogP contribution in [0, 0.1) is 0 Å². The van der Waals surface area contributed by atoms with Crippen LogP contribution >= 0.6 is 11.3 Å². The van der Waals surface area contributed by atoms with E-state index in [0.717, 1.165) is 18.2 Å². The summed E-state index contributed by atoms with van der Waals surface area (Å²) in [6.07, 6.45) is 3.16. The monoisotopic (exact) mass is 304 g/mol. The summed E-state index contributed by atoms with van der Waals surface area (Å²) >= 11 is 1.67. The second-order valence-corrected chi connectivity index (χ2v) is 7.61. The van der Waals surface area contributed by atoms with Crippen molar-refractivity contribution in [3.63, 3.8) is 0 Å². The van der Waals surface area contributed by atoms with E-state index in [2.05, 4.69) is 22.1 Å². The lowest BCUT2D eigenvalue weighted by Crippen LogP contribution is -2.48. The average Bonchev–Trinajstić information content (AvgIpc) is 2.84. The van der Waals surface area contributed by atoms with Gasteiger partial charge in [0.15, 0.2) is 5.13 Å². The Morgan fingerprint density at radius 2 is 2.05 bits per heavy atom. The lowest BCUT2D eigenvalue weighted by atomic mass is 10.4. The van der Waals surface area contributed by atoms with Crippen molar-refractivity contribution < 1.29 is 8.42 Å². The molecular weight excluding hydrogens is 284 g/mol. The fourth-order valence-electron chi connectivity index (χ4n) is 1.98. The molecular formula is C11H20N4O2S2. The lowest BCUT2D eigenvalue weighted by Gasteiger charge is -2.32. The third-order valence-electron chi connectivity index (χ3n) is 3.07. The number of thiazole rings is 1. The fraction of sp³-hybridized carbons (Fsp3) is 0.727. The van der Waals surface area contributed by atoms with Crippen LogP contribution in [0.5, 0.6) is 0 Å². The number of aromatic nitrogens is 1. The third kappa shape index (κ3) is 3.88. The highest BCUT2D eigenvalue weighted by Crippen LogP contribution is 2.23. The van der Waals surface area contributed by atoms with Gasteiger partial charge in [0.2, 0.25) is 10.0 Å². The van der Waals surface area contributed by atoms with Gasteiger partial charge >= 0.3 is 0 Å². The van der Waals surface area contributed by atoms with Crippen molar-refractivity contribution in [3.8, 4) is 0 Å². The predicted octanol–water partition coefficient (Wildman–Crippen LogP) is 0.334. The normalized spacial score (nSPS) is 17.9. The minimum atomic E-state index is -3.06. The smallest absolute Gasteiger partial charge is 0.211 e. The molecule has 1 aromatic heterocycles. The van der Waals surface area contributed by atoms with E-state index in [-0.39, 0.29) is 0 Å². The third-order valence-corrected chi connectivity index (χ3v) is 5.43. The molecule has 1 fully saturated rings. The van der Waals surface area contributed by atoms with Crippen molar-refractivity contribution in [2.75, 3.05) is 43.9 Å². The molecule has 1 aromatic rings. The fourth-order valence-corrected chi connectivity index (χ4v) is 3.74. The van der Waals surface area contributed by atoms with Crippen molar-refractivity contribution in [2.45, 2.75) is 13.5 Å². The average molecular weight is 304 g/mol. The van der Waals surface area contributed by atoms with Gasteiger partial charge < -0.3 is 10.2 Å². The number of piperazine rings is 1. The number of hydrogen-bond acceptors (Lipinski definition) is 6. The van der Waals surface area contributed by atoms with Gasteiger partial charge in [-0.05, 0) is 6.54 Å². The van der Waals surface area contributed by atoms with E-state index >= 15 is 0 Å². The van der Waals surface area contributed by atoms with Crippen LogP contribution in [-0.4, -0.2) is 56.7 Å². The van der Waals surface area contributed by atoms with Crippen molar-refractivity contribution in [1.29, 1.82) is 0 Å². The maximum Gasteiger partial charge on any atom is 0.211 e. The molecule has 2 rings (SSSR count). The summed E-state index contributed by atoms with van der Waals surface area (Å²) < 4.78 is 24.4. The summed E-state index contributed by atoms with van der Waals surface area (Å²) in [5.74, 6) is 0. The molecule has 19 heavy (non-hydrogen) atoms. The molecule has 0 atom stereocenters. The lowest BCUT2D eigenvalue weighted by molar-refractivity contribution is 0.388. The van der Waals surface area contributed by atoms with Crippen LogP contribution in [0.1, 0.15) is 11.8 Å². The Balaban J connectivity index is 1.92. The SMILES string of the molecule is CCNCc1cnc(N2CCN(S(C)(=O)=O)CC2)s1. The Kier molecular flexibility index (Phi) is 4.77. The number of rotatable bonds is 5. The Hall–Kier alpha value is -0.700. The highest BCUT2D eigenvalue weighted by molar-refractivity contribution is 7.88. The molecule has 0 spiro atoms. The molecule has 0 radical (unpaired) electrons. The Morgan fingerprint density at radius 3 is 2.63 bits per heavy atom. The summed E-state index contributed by atoms with van der Waals surface area (Å²) in [6, 6.07) is 0. The van der Waals surface area contributed by atoms with Gasteiger partial charge in [0.1, 0.15) is 0 Å². The molecule has 8 heteroatoms. The molecule has 6 nitrogen and oxygen atoms in total. The van der Waals surface area contributed by atoms with E-state index in [4.69, 9.17) is 0 Å². The van der Waals surface area contributed by atoms with Gasteiger partial charge in [-0.15, -0.1) is 11.3 Å². The molecule has 1 aliphatic heterocycles. The van der Waals surface area contributed by atoms with Gasteiger partial charge in [-0.1, -0.05) is 6.92 Å². The number of anilines is 1. The van der Waals surface area contributed by atoms with Gasteiger partial charge in [-0.25, -0.2) is 13.4 Å². The topological polar surface area (TPSA) is 65.5 Å². The van der Waals surface area contributed by atoms with E-state index in [9.17, 15) is 8.42 Å². The van der Waals surface area contributed by atoms with Gasteiger partial charge in [-0.2, -0.15) is 4.31 Å². The second kappa shape index (κ2) is 6.17. The van der Waals surface area contributed by atoms with Gasteiger partial charge in [0, 0.05) is 43.8 Å². The van der Waals surface area contributed by atoms with Crippen LogP contribution in [0.2, 0.25) is 0 Å². The van der Waals surface area contributed by atoms with Crippen LogP contribution in [0.3, 0.4) is 0 Å². The quantitative estimate of drug-likeness (QED) is 0.849. The second-order valence-electron chi connectivity index (χ2n) is 4.54. The maximum absolute atomic E-state index is 11.4.